The van der Waals surface area contributed by atoms with Crippen molar-refractivity contribution in [1.82, 2.24) is 0 Å². The Morgan fingerprint density at radius 1 is 0.259 bits per heavy atom. The molecule has 4 nitrogen and oxygen atoms in total. The van der Waals surface area contributed by atoms with Crippen LogP contribution in [0.3, 0.4) is 0 Å². The van der Waals surface area contributed by atoms with Gasteiger partial charge in [-0.1, -0.05) is 348 Å². The molecule has 0 radical (unpaired) electrons. The van der Waals surface area contributed by atoms with E-state index >= 15 is 0 Å². The zero-order valence-electron chi connectivity index (χ0n) is 57.9. The first-order valence-electron chi connectivity index (χ1n) is 33.7. The second-order valence-corrected chi connectivity index (χ2v) is 43.6. The predicted molar refractivity (Wildman–Crippen MR) is 373 cm³/mol. The van der Waals surface area contributed by atoms with Crippen molar-refractivity contribution in [2.75, 3.05) is 0 Å². The molecule has 9 heteroatoms. The fourth-order valence-electron chi connectivity index (χ4n) is 16.2. The number of nitrogens with zero attached hydrogens (tertiary/aromatic N) is 4. The molecule has 0 heterocycles. The van der Waals surface area contributed by atoms with Gasteiger partial charge in [0.05, 0.1) is 0 Å². The Labute approximate surface area is 525 Å². The van der Waals surface area contributed by atoms with E-state index in [9.17, 15) is 0 Å². The Morgan fingerprint density at radius 3 is 0.494 bits per heavy atom. The maximum Gasteiger partial charge on any atom is 4.00 e. The molecular formula is C72H128N4Si4Ti. The summed E-state index contributed by atoms with van der Waals surface area (Å²) in [4.78, 5) is 0. The van der Waals surface area contributed by atoms with Crippen LogP contribution in [0.25, 0.3) is 21.3 Å². The van der Waals surface area contributed by atoms with E-state index in [1.54, 1.807) is 0 Å². The maximum absolute atomic E-state index is 5.57. The van der Waals surface area contributed by atoms with Crippen LogP contribution in [-0.4, -0.2) is 78.0 Å². The van der Waals surface area contributed by atoms with Gasteiger partial charge in [0, 0.05) is 35.2 Å². The minimum atomic E-state index is -0.803. The molecule has 0 saturated heterocycles. The van der Waals surface area contributed by atoms with Crippen LogP contribution in [0.2, 0.25) is 52.4 Å². The van der Waals surface area contributed by atoms with Crippen molar-refractivity contribution in [3.05, 3.63) is 112 Å². The first kappa shape index (κ1) is 72.8. The third-order valence-electron chi connectivity index (χ3n) is 23.6. The fourth-order valence-corrected chi connectivity index (χ4v) is 24.6. The summed E-state index contributed by atoms with van der Waals surface area (Å²) in [5.74, 6) is 0. The van der Waals surface area contributed by atoms with Gasteiger partial charge in [-0.15, -0.1) is 20.6 Å². The first-order valence-corrected chi connectivity index (χ1v) is 45.2. The molecule has 8 rings (SSSR count). The van der Waals surface area contributed by atoms with E-state index in [2.05, 4.69) is 187 Å². The zero-order chi connectivity index (χ0) is 59.9. The Bertz CT molecular complexity index is 2030. The Balaban J connectivity index is 0.000000231. The summed E-state index contributed by atoms with van der Waals surface area (Å²) in [6, 6.07) is 0. The molecule has 0 aromatic heterocycles. The van der Waals surface area contributed by atoms with Gasteiger partial charge in [-0.25, -0.2) is 0 Å². The molecule has 4 atom stereocenters. The molecule has 0 aromatic carbocycles. The number of rotatable bonds is 12. The summed E-state index contributed by atoms with van der Waals surface area (Å²) in [5.41, 5.74) is 17.4. The van der Waals surface area contributed by atoms with Crippen LogP contribution >= 0.6 is 0 Å². The summed E-state index contributed by atoms with van der Waals surface area (Å²) in [7, 11) is -3.21. The molecule has 4 unspecified atom stereocenters. The summed E-state index contributed by atoms with van der Waals surface area (Å²) in [6.07, 6.45) is 42.8. The SMILES string of the molecule is CC1=CC(C)([N-]C2([SiH](C)C)CCCCCC2)C(C)=C1C.CC1=CC(C)([N-]C2([SiH](C)C)CCCCCC2)C(C)=C1C.CC1=CC(C)([N-]C2([SiH](C)C)CCCCCC2)C(C)=C1C.CC1=CC(C)([N-]C2([SiH](C)C)CCCCCC2)C(C)=C1C.[Ti+4]. The quantitative estimate of drug-likeness (QED) is 0.138. The Hall–Kier alpha value is -0.658. The van der Waals surface area contributed by atoms with Gasteiger partial charge >= 0.3 is 21.7 Å². The first-order chi connectivity index (χ1) is 37.2. The number of hydrogen-bond donors (Lipinski definition) is 0. The predicted octanol–water partition coefficient (Wildman–Crippen LogP) is 22.1. The minimum Gasteiger partial charge on any atom is -0.647 e. The van der Waals surface area contributed by atoms with Crippen molar-refractivity contribution in [2.24, 2.45) is 0 Å². The third-order valence-corrected chi connectivity index (χ3v) is 35.1. The number of allylic oxidation sites excluding steroid dienone is 8. The van der Waals surface area contributed by atoms with Gasteiger partial charge in [-0.2, -0.15) is 0 Å². The van der Waals surface area contributed by atoms with Crippen molar-refractivity contribution in [2.45, 2.75) is 360 Å². The van der Waals surface area contributed by atoms with Crippen molar-refractivity contribution >= 4 is 35.2 Å². The summed E-state index contributed by atoms with van der Waals surface area (Å²) in [6.45, 7) is 56.6. The molecule has 0 aliphatic heterocycles. The van der Waals surface area contributed by atoms with E-state index in [-0.39, 0.29) is 43.9 Å². The van der Waals surface area contributed by atoms with Gasteiger partial charge in [0.25, 0.3) is 0 Å². The fraction of sp³-hybridized carbons (Fsp3) is 0.778. The summed E-state index contributed by atoms with van der Waals surface area (Å²) >= 11 is 0. The van der Waals surface area contributed by atoms with Crippen LogP contribution < -0.4 is 0 Å². The molecule has 0 bridgehead atoms. The minimum absolute atomic E-state index is 0. The van der Waals surface area contributed by atoms with Crippen LogP contribution in [0.15, 0.2) is 91.2 Å². The smallest absolute Gasteiger partial charge is 0.647 e. The van der Waals surface area contributed by atoms with Gasteiger partial charge < -0.3 is 21.3 Å². The Morgan fingerprint density at radius 2 is 0.395 bits per heavy atom. The van der Waals surface area contributed by atoms with E-state index in [0.29, 0.717) is 20.6 Å². The van der Waals surface area contributed by atoms with Crippen molar-refractivity contribution < 1.29 is 21.7 Å². The van der Waals surface area contributed by atoms with Crippen molar-refractivity contribution in [3.63, 3.8) is 0 Å². The van der Waals surface area contributed by atoms with Gasteiger partial charge in [-0.3, -0.25) is 0 Å². The molecule has 0 spiro atoms. The van der Waals surface area contributed by atoms with Crippen LogP contribution in [0.1, 0.15) is 265 Å². The van der Waals surface area contributed by atoms with E-state index in [1.165, 1.54) is 221 Å². The van der Waals surface area contributed by atoms with E-state index < -0.39 is 35.2 Å². The third kappa shape index (κ3) is 16.9. The topological polar surface area (TPSA) is 56.4 Å². The second-order valence-electron chi connectivity index (χ2n) is 30.0. The zero-order valence-corrected chi connectivity index (χ0v) is 64.1. The maximum atomic E-state index is 5.57. The van der Waals surface area contributed by atoms with E-state index in [1.807, 2.05) is 0 Å². The van der Waals surface area contributed by atoms with Crippen LogP contribution in [-0.2, 0) is 21.7 Å². The average Bonchev–Trinajstić information content (AvgIpc) is 3.75. The van der Waals surface area contributed by atoms with Crippen LogP contribution in [0.5, 0.6) is 0 Å². The van der Waals surface area contributed by atoms with Gasteiger partial charge in [0.15, 0.2) is 0 Å². The van der Waals surface area contributed by atoms with Crippen molar-refractivity contribution in [3.8, 4) is 0 Å². The van der Waals surface area contributed by atoms with Crippen LogP contribution in [0, 0.1) is 0 Å². The molecule has 81 heavy (non-hydrogen) atoms. The van der Waals surface area contributed by atoms with Crippen LogP contribution in [0.4, 0.5) is 0 Å². The molecule has 0 amide bonds. The normalized spacial score (nSPS) is 30.3. The Kier molecular flexibility index (Phi) is 27.0. The monoisotopic (exact) mass is 1210 g/mol. The standard InChI is InChI=1S/4C18H32NSi.Ti/c4*1-14-13-17(4,16(3)15(14)2)19-18(20(5)6)11-9-7-8-10-12-18;/h4*13,20H,7-12H2,1-6H3;/q4*-1;+4. The second kappa shape index (κ2) is 30.0. The van der Waals surface area contributed by atoms with E-state index in [0.717, 1.165) is 0 Å². The van der Waals surface area contributed by atoms with Gasteiger partial charge in [-0.05, 0) is 83.1 Å². The molecule has 4 fully saturated rings. The average molecular weight is 1210 g/mol. The molecule has 456 valence electrons. The van der Waals surface area contributed by atoms with E-state index in [4.69, 9.17) is 21.3 Å². The van der Waals surface area contributed by atoms with Gasteiger partial charge in [0.2, 0.25) is 0 Å². The largest absolute Gasteiger partial charge is 4.00 e. The molecular weight excluding hydrogens is 1080 g/mol. The van der Waals surface area contributed by atoms with Crippen molar-refractivity contribution in [1.29, 1.82) is 0 Å². The molecule has 0 N–H and O–H groups in total. The number of hydrogen-bond acceptors (Lipinski definition) is 0. The summed E-state index contributed by atoms with van der Waals surface area (Å²) < 4.78 is 0. The molecule has 8 aliphatic carbocycles. The summed E-state index contributed by atoms with van der Waals surface area (Å²) in [5, 5.41) is 23.6. The molecule has 0 aromatic rings. The van der Waals surface area contributed by atoms with Gasteiger partial charge in [0.1, 0.15) is 0 Å². The molecule has 4 saturated carbocycles. The molecule has 8 aliphatic rings.